The maximum atomic E-state index is 12.0. The number of nitrogens with zero attached hydrogens (tertiary/aromatic N) is 1. The molecule has 0 amide bonds. The summed E-state index contributed by atoms with van der Waals surface area (Å²) in [6, 6.07) is 16.0. The number of hydrogen-bond acceptors (Lipinski definition) is 4. The number of methoxy groups -OCH3 is 1. The normalized spacial score (nSPS) is 10.6. The number of aromatic nitrogens is 1. The Kier molecular flexibility index (Phi) is 4.47. The minimum Gasteiger partial charge on any atom is -0.464 e. The van der Waals surface area contributed by atoms with Gasteiger partial charge in [-0.25, -0.2) is 9.78 Å². The van der Waals surface area contributed by atoms with Gasteiger partial charge in [-0.05, 0) is 42.7 Å². The van der Waals surface area contributed by atoms with Gasteiger partial charge >= 0.3 is 5.97 Å². The molecule has 0 spiro atoms. The first-order valence-electron chi connectivity index (χ1n) is 7.97. The summed E-state index contributed by atoms with van der Waals surface area (Å²) >= 11 is 0. The number of pyridine rings is 1. The van der Waals surface area contributed by atoms with Crippen molar-refractivity contribution in [3.8, 4) is 0 Å². The van der Waals surface area contributed by atoms with Gasteiger partial charge in [-0.1, -0.05) is 37.3 Å². The highest BCUT2D eigenvalue weighted by Crippen LogP contribution is 2.29. The molecule has 0 saturated carbocycles. The number of carbonyl (C=O) groups excluding carboxylic acids is 1. The van der Waals surface area contributed by atoms with Gasteiger partial charge in [0.1, 0.15) is 0 Å². The molecule has 24 heavy (non-hydrogen) atoms. The van der Waals surface area contributed by atoms with Crippen molar-refractivity contribution in [3.63, 3.8) is 0 Å². The van der Waals surface area contributed by atoms with Crippen LogP contribution in [0.2, 0.25) is 0 Å². The van der Waals surface area contributed by atoms with E-state index in [-0.39, 0.29) is 0 Å². The molecule has 0 aliphatic heterocycles. The molecule has 4 nitrogen and oxygen atoms in total. The maximum Gasteiger partial charge on any atom is 0.356 e. The summed E-state index contributed by atoms with van der Waals surface area (Å²) in [7, 11) is 1.36. The van der Waals surface area contributed by atoms with E-state index in [0.29, 0.717) is 5.69 Å². The molecule has 0 aliphatic carbocycles. The lowest BCUT2D eigenvalue weighted by Crippen LogP contribution is -2.06. The number of carbonyl (C=O) groups is 1. The van der Waals surface area contributed by atoms with Gasteiger partial charge < -0.3 is 10.1 Å². The van der Waals surface area contributed by atoms with Crippen LogP contribution in [-0.2, 0) is 11.2 Å². The molecule has 0 unspecified atom stereocenters. The Morgan fingerprint density at radius 1 is 1.17 bits per heavy atom. The van der Waals surface area contributed by atoms with E-state index in [1.807, 2.05) is 37.3 Å². The minimum absolute atomic E-state index is 0.299. The number of aryl methyl sites for hydroxylation is 2. The van der Waals surface area contributed by atoms with Crippen molar-refractivity contribution >= 4 is 28.2 Å². The molecule has 1 N–H and O–H groups in total. The highest BCUT2D eigenvalue weighted by atomic mass is 16.5. The first-order valence-corrected chi connectivity index (χ1v) is 7.97. The van der Waals surface area contributed by atoms with Gasteiger partial charge in [0, 0.05) is 11.1 Å². The number of nitrogens with one attached hydrogen (secondary N) is 1. The molecule has 0 fully saturated rings. The Morgan fingerprint density at radius 3 is 2.71 bits per heavy atom. The van der Waals surface area contributed by atoms with E-state index in [4.69, 9.17) is 4.74 Å². The Morgan fingerprint density at radius 2 is 1.96 bits per heavy atom. The molecule has 4 heteroatoms. The molecule has 0 aliphatic rings. The van der Waals surface area contributed by atoms with Gasteiger partial charge in [-0.2, -0.15) is 0 Å². The predicted molar refractivity (Wildman–Crippen MR) is 96.9 cm³/mol. The first-order chi connectivity index (χ1) is 11.6. The molecular formula is C20H20N2O2. The van der Waals surface area contributed by atoms with Crippen LogP contribution in [-0.4, -0.2) is 18.1 Å². The second kappa shape index (κ2) is 6.71. The van der Waals surface area contributed by atoms with Gasteiger partial charge in [0.25, 0.3) is 0 Å². The number of ether oxygens (including phenoxy) is 1. The Bertz CT molecular complexity index is 903. The zero-order chi connectivity index (χ0) is 17.1. The first kappa shape index (κ1) is 16.0. The minimum atomic E-state index is -0.439. The standard InChI is InChI=1S/C20H20N2O2/c1-4-14-8-6-9-15(11-14)21-17-12-18(20(23)24-3)22-19-13(2)7-5-10-16(17)19/h5-12H,4H2,1-3H3,(H,21,22). The molecule has 122 valence electrons. The molecule has 0 radical (unpaired) electrons. The van der Waals surface area contributed by atoms with E-state index in [1.165, 1.54) is 12.7 Å². The van der Waals surface area contributed by atoms with E-state index in [1.54, 1.807) is 6.07 Å². The molecule has 3 rings (SSSR count). The zero-order valence-corrected chi connectivity index (χ0v) is 14.1. The van der Waals surface area contributed by atoms with E-state index in [0.717, 1.165) is 34.3 Å². The number of para-hydroxylation sites is 1. The Balaban J connectivity index is 2.14. The molecule has 1 heterocycles. The maximum absolute atomic E-state index is 12.0. The third kappa shape index (κ3) is 3.08. The van der Waals surface area contributed by atoms with Gasteiger partial charge in [-0.15, -0.1) is 0 Å². The molecular weight excluding hydrogens is 300 g/mol. The van der Waals surface area contributed by atoms with Crippen LogP contribution in [0, 0.1) is 6.92 Å². The van der Waals surface area contributed by atoms with Gasteiger partial charge in [0.2, 0.25) is 0 Å². The van der Waals surface area contributed by atoms with E-state index >= 15 is 0 Å². The van der Waals surface area contributed by atoms with Crippen molar-refractivity contribution in [1.29, 1.82) is 0 Å². The number of hydrogen-bond donors (Lipinski definition) is 1. The molecule has 0 bridgehead atoms. The summed E-state index contributed by atoms with van der Waals surface area (Å²) in [6.07, 6.45) is 0.971. The quantitative estimate of drug-likeness (QED) is 0.712. The van der Waals surface area contributed by atoms with Gasteiger partial charge in [0.05, 0.1) is 18.3 Å². The smallest absolute Gasteiger partial charge is 0.356 e. The molecule has 1 aromatic heterocycles. The highest BCUT2D eigenvalue weighted by Gasteiger charge is 2.13. The third-order valence-corrected chi connectivity index (χ3v) is 4.05. The van der Waals surface area contributed by atoms with Crippen molar-refractivity contribution in [2.45, 2.75) is 20.3 Å². The summed E-state index contributed by atoms with van der Waals surface area (Å²) in [5.41, 5.74) is 5.20. The average molecular weight is 320 g/mol. The van der Waals surface area contributed by atoms with Crippen LogP contribution in [0.3, 0.4) is 0 Å². The Labute approximate surface area is 141 Å². The summed E-state index contributed by atoms with van der Waals surface area (Å²) in [5.74, 6) is -0.439. The largest absolute Gasteiger partial charge is 0.464 e. The number of esters is 1. The fraction of sp³-hybridized carbons (Fsp3) is 0.200. The monoisotopic (exact) mass is 320 g/mol. The highest BCUT2D eigenvalue weighted by molar-refractivity contribution is 5.99. The van der Waals surface area contributed by atoms with Gasteiger partial charge in [0.15, 0.2) is 5.69 Å². The summed E-state index contributed by atoms with van der Waals surface area (Å²) in [5, 5.41) is 4.40. The van der Waals surface area contributed by atoms with Crippen molar-refractivity contribution in [3.05, 3.63) is 65.4 Å². The fourth-order valence-corrected chi connectivity index (χ4v) is 2.73. The number of anilines is 2. The lowest BCUT2D eigenvalue weighted by atomic mass is 10.1. The van der Waals surface area contributed by atoms with Crippen molar-refractivity contribution in [1.82, 2.24) is 4.98 Å². The molecule has 3 aromatic rings. The summed E-state index contributed by atoms with van der Waals surface area (Å²) < 4.78 is 4.84. The van der Waals surface area contributed by atoms with Gasteiger partial charge in [-0.3, -0.25) is 0 Å². The third-order valence-electron chi connectivity index (χ3n) is 4.05. The summed E-state index contributed by atoms with van der Waals surface area (Å²) in [6.45, 7) is 4.11. The second-order valence-electron chi connectivity index (χ2n) is 5.70. The number of fused-ring (bicyclic) bond motifs is 1. The fourth-order valence-electron chi connectivity index (χ4n) is 2.73. The molecule has 2 aromatic carbocycles. The van der Waals surface area contributed by atoms with E-state index < -0.39 is 5.97 Å². The van der Waals surface area contributed by atoms with Crippen LogP contribution in [0.15, 0.2) is 48.5 Å². The molecule has 0 saturated heterocycles. The van der Waals surface area contributed by atoms with E-state index in [2.05, 4.69) is 29.4 Å². The number of benzene rings is 2. The number of rotatable bonds is 4. The van der Waals surface area contributed by atoms with Crippen LogP contribution < -0.4 is 5.32 Å². The average Bonchev–Trinajstić information content (AvgIpc) is 2.61. The lowest BCUT2D eigenvalue weighted by molar-refractivity contribution is 0.0594. The second-order valence-corrected chi connectivity index (χ2v) is 5.70. The SMILES string of the molecule is CCc1cccc(Nc2cc(C(=O)OC)nc3c(C)cccc23)c1. The van der Waals surface area contributed by atoms with Crippen molar-refractivity contribution in [2.75, 3.05) is 12.4 Å². The summed E-state index contributed by atoms with van der Waals surface area (Å²) in [4.78, 5) is 16.4. The van der Waals surface area contributed by atoms with Crippen LogP contribution >= 0.6 is 0 Å². The van der Waals surface area contributed by atoms with Crippen LogP contribution in [0.25, 0.3) is 10.9 Å². The van der Waals surface area contributed by atoms with Crippen LogP contribution in [0.1, 0.15) is 28.5 Å². The Hall–Kier alpha value is -2.88. The molecule has 0 atom stereocenters. The van der Waals surface area contributed by atoms with Crippen LogP contribution in [0.5, 0.6) is 0 Å². The van der Waals surface area contributed by atoms with Crippen LogP contribution in [0.4, 0.5) is 11.4 Å². The lowest BCUT2D eigenvalue weighted by Gasteiger charge is -2.13. The van der Waals surface area contributed by atoms with E-state index in [9.17, 15) is 4.79 Å². The predicted octanol–water partition coefficient (Wildman–Crippen LogP) is 4.64. The van der Waals surface area contributed by atoms with Crippen molar-refractivity contribution in [2.24, 2.45) is 0 Å². The topological polar surface area (TPSA) is 51.2 Å². The van der Waals surface area contributed by atoms with Crippen molar-refractivity contribution < 1.29 is 9.53 Å². The zero-order valence-electron chi connectivity index (χ0n) is 14.1.